The van der Waals surface area contributed by atoms with Crippen LogP contribution in [-0.4, -0.2) is 104 Å². The zero-order valence-electron chi connectivity index (χ0n) is 54.1. The van der Waals surface area contributed by atoms with Crippen LogP contribution in [0.2, 0.25) is 0 Å². The second kappa shape index (κ2) is 23.6. The van der Waals surface area contributed by atoms with Gasteiger partial charge in [0.25, 0.3) is 81.3 Å². The molecule has 99 heavy (non-hydrogen) atoms. The Bertz CT molecular complexity index is 5430. The average Bonchev–Trinajstić information content (AvgIpc) is 1.57. The van der Waals surface area contributed by atoms with Gasteiger partial charge in [0.15, 0.2) is 0 Å². The Morgan fingerprint density at radius 1 is 0.303 bits per heavy atom. The van der Waals surface area contributed by atoms with E-state index < -0.39 is 103 Å². The Kier molecular flexibility index (Phi) is 14.8. The number of fused-ring (bicyclic) bond motifs is 2. The van der Waals surface area contributed by atoms with Crippen molar-refractivity contribution in [3.05, 3.63) is 206 Å². The molecule has 6 aliphatic heterocycles. The fraction of sp³-hybridized carbons (Fsp3) is 0.273. The summed E-state index contributed by atoms with van der Waals surface area (Å²) in [6, 6.07) is 25.0. The number of carbonyl (C=O) groups excluding carboxylic acids is 10. The number of benzene rings is 8. The minimum atomic E-state index is -1.23. The van der Waals surface area contributed by atoms with Gasteiger partial charge in [-0.1, -0.05) is 90.2 Å². The highest BCUT2D eigenvalue weighted by atomic mass is 16.2. The highest BCUT2D eigenvalue weighted by Gasteiger charge is 2.45. The van der Waals surface area contributed by atoms with Crippen molar-refractivity contribution in [1.29, 1.82) is 0 Å². The van der Waals surface area contributed by atoms with Crippen LogP contribution in [0, 0.1) is 0 Å². The Labute approximate surface area is 562 Å². The fourth-order valence-corrected chi connectivity index (χ4v) is 15.8. The van der Waals surface area contributed by atoms with E-state index in [2.05, 4.69) is 18.7 Å². The zero-order chi connectivity index (χ0) is 68.7. The van der Waals surface area contributed by atoms with Gasteiger partial charge in [0.1, 0.15) is 0 Å². The number of hydrogen-bond acceptors (Lipinski definition) is 15. The molecule has 1 fully saturated rings. The largest absolute Gasteiger partial charge is 0.371 e. The van der Waals surface area contributed by atoms with E-state index in [4.69, 9.17) is 0 Å². The van der Waals surface area contributed by atoms with E-state index in [-0.39, 0.29) is 107 Å². The predicted octanol–water partition coefficient (Wildman–Crippen LogP) is 10.8. The maximum atomic E-state index is 15.3. The molecular weight excluding hydrogens is 1260 g/mol. The van der Waals surface area contributed by atoms with Gasteiger partial charge < -0.3 is 4.90 Å². The first-order chi connectivity index (χ1) is 47.9. The Balaban J connectivity index is 0.789. The highest BCUT2D eigenvalue weighted by Crippen LogP contribution is 2.44. The van der Waals surface area contributed by atoms with Crippen LogP contribution < -0.4 is 41.9 Å². The third-order valence-corrected chi connectivity index (χ3v) is 20.7. The molecular formula is C77H62N8O14. The third-order valence-electron chi connectivity index (χ3n) is 20.7. The summed E-state index contributed by atoms with van der Waals surface area (Å²) >= 11 is 0. The Morgan fingerprint density at radius 3 is 1.07 bits per heavy atom. The molecule has 0 saturated carbocycles. The van der Waals surface area contributed by atoms with E-state index in [1.807, 2.05) is 12.1 Å². The minimum absolute atomic E-state index is 0.00534. The van der Waals surface area contributed by atoms with Gasteiger partial charge in [-0.2, -0.15) is 9.69 Å². The Morgan fingerprint density at radius 2 is 0.646 bits per heavy atom. The molecule has 8 heterocycles. The van der Waals surface area contributed by atoms with Crippen LogP contribution >= 0.6 is 0 Å². The molecule has 494 valence electrons. The summed E-state index contributed by atoms with van der Waals surface area (Å²) in [7, 11) is 0. The molecule has 0 spiro atoms. The lowest BCUT2D eigenvalue weighted by Gasteiger charge is -2.33. The molecule has 6 aliphatic rings. The van der Waals surface area contributed by atoms with Crippen molar-refractivity contribution < 1.29 is 47.9 Å². The molecule has 22 heteroatoms. The molecule has 16 rings (SSSR count). The number of nitrogens with zero attached hydrogens (tertiary/aromatic N) is 8. The van der Waals surface area contributed by atoms with Gasteiger partial charge in [0.2, 0.25) is 0 Å². The summed E-state index contributed by atoms with van der Waals surface area (Å²) in [5.41, 5.74) is -4.71. The smallest absolute Gasteiger partial charge is 0.281 e. The molecule has 0 radical (unpaired) electrons. The number of hydrogen-bond donors (Lipinski definition) is 0. The summed E-state index contributed by atoms with van der Waals surface area (Å²) in [6.07, 6.45) is 13.9. The van der Waals surface area contributed by atoms with Crippen LogP contribution in [0.15, 0.2) is 128 Å². The molecule has 22 nitrogen and oxygen atoms in total. The van der Waals surface area contributed by atoms with E-state index in [0.29, 0.717) is 37.9 Å². The second-order valence-corrected chi connectivity index (χ2v) is 26.4. The Hall–Kier alpha value is -11.7. The summed E-state index contributed by atoms with van der Waals surface area (Å²) in [5.74, 6) is -8.19. The van der Waals surface area contributed by atoms with Gasteiger partial charge in [0.05, 0.1) is 49.7 Å². The highest BCUT2D eigenvalue weighted by molar-refractivity contribution is 6.41. The van der Waals surface area contributed by atoms with E-state index >= 15 is 28.8 Å². The number of piperidine rings is 1. The summed E-state index contributed by atoms with van der Waals surface area (Å²) in [5, 5.41) is -0.147. The van der Waals surface area contributed by atoms with Crippen LogP contribution in [0.4, 0.5) is 17.1 Å². The van der Waals surface area contributed by atoms with Crippen LogP contribution in [0.3, 0.4) is 0 Å². The molecule has 8 aromatic carbocycles. The van der Waals surface area contributed by atoms with E-state index in [1.54, 1.807) is 18.2 Å². The van der Waals surface area contributed by atoms with Gasteiger partial charge in [0, 0.05) is 109 Å². The number of aromatic nitrogens is 2. The van der Waals surface area contributed by atoms with Crippen LogP contribution in [0.1, 0.15) is 214 Å². The molecule has 0 atom stereocenters. The van der Waals surface area contributed by atoms with Crippen molar-refractivity contribution in [2.45, 2.75) is 110 Å². The number of imide groups is 5. The summed E-state index contributed by atoms with van der Waals surface area (Å²) in [4.78, 5) is 213. The van der Waals surface area contributed by atoms with Crippen molar-refractivity contribution in [1.82, 2.24) is 19.0 Å². The molecule has 2 aromatic heterocycles. The van der Waals surface area contributed by atoms with Crippen molar-refractivity contribution in [2.24, 2.45) is 0 Å². The first-order valence-corrected chi connectivity index (χ1v) is 33.9. The maximum Gasteiger partial charge on any atom is 0.281 e. The monoisotopic (exact) mass is 1320 g/mol. The van der Waals surface area contributed by atoms with Gasteiger partial charge in [-0.3, -0.25) is 76.9 Å². The van der Waals surface area contributed by atoms with Gasteiger partial charge in [-0.25, -0.2) is 14.4 Å². The van der Waals surface area contributed by atoms with Crippen molar-refractivity contribution in [2.75, 3.05) is 45.9 Å². The molecule has 0 unspecified atom stereocenters. The fourth-order valence-electron chi connectivity index (χ4n) is 15.8. The molecule has 10 amide bonds. The minimum Gasteiger partial charge on any atom is -0.371 e. The number of anilines is 3. The summed E-state index contributed by atoms with van der Waals surface area (Å²) in [6.45, 7) is 6.08. The van der Waals surface area contributed by atoms with Crippen molar-refractivity contribution in [3.63, 3.8) is 0 Å². The zero-order valence-corrected chi connectivity index (χ0v) is 54.1. The first-order valence-electron chi connectivity index (χ1n) is 33.9. The molecule has 0 aliphatic carbocycles. The van der Waals surface area contributed by atoms with E-state index in [1.165, 1.54) is 65.6 Å². The number of unbranched alkanes of at least 4 members (excludes halogenated alkanes) is 10. The van der Waals surface area contributed by atoms with Gasteiger partial charge in [-0.15, -0.1) is 0 Å². The van der Waals surface area contributed by atoms with Crippen molar-refractivity contribution in [3.8, 4) is 5.69 Å². The quantitative estimate of drug-likeness (QED) is 0.0538. The van der Waals surface area contributed by atoms with Crippen molar-refractivity contribution >= 4 is 130 Å². The van der Waals surface area contributed by atoms with Gasteiger partial charge in [-0.05, 0) is 129 Å². The maximum absolute atomic E-state index is 15.3. The van der Waals surface area contributed by atoms with Crippen LogP contribution in [0.5, 0.6) is 0 Å². The number of rotatable bonds is 19. The predicted molar refractivity (Wildman–Crippen MR) is 371 cm³/mol. The molecule has 0 bridgehead atoms. The van der Waals surface area contributed by atoms with E-state index in [9.17, 15) is 38.4 Å². The average molecular weight is 1320 g/mol. The molecule has 10 aromatic rings. The standard InChI is InChI=1S/C77H62N8O14/c1-3-5-7-9-11-16-33-79-64(86)46-21-25-50-62-51(26-22-47(60(46)62)65(79)87)71(93)82(70(50)92)41-35-40(81-68(90)44-20-18-19-43-58(78-31-14-13-15-32-78)30-29-45(59(43)44)69(81)91)36-42(37-41)83-72(94)54-38-56-57(39-55(54)73(83)95)77(99)85(76(56)98)84-74(96)52-27-23-48-61-49(24-28-53(63(52)61)75(84)97)67(89)80(66(48)88)34-17-12-10-8-6-4-2/h18-30,35-39H,3-17,31-34H2,1-2H3. The SMILES string of the molecule is CCCCCCCCN1C(=O)c2ccc3c4c(ccc(c24)C1=O)C(=O)N(c1cc(N2C(=O)c4cccc5c(N6CCCCC6)ccc(c45)C2=O)cc(-n2c(=O)c4cc5c(=O)n(N6C(=O)c7ccc8c9c(ccc(c79)C6=O)C(=O)N(CCCCCCCC)C8=O)c(=O)c5cc4c2=O)c1)C3=O. The third kappa shape index (κ3) is 9.13. The van der Waals surface area contributed by atoms with Crippen LogP contribution in [-0.2, 0) is 0 Å². The lowest BCUT2D eigenvalue weighted by molar-refractivity contribution is 0.0592. The van der Waals surface area contributed by atoms with Gasteiger partial charge >= 0.3 is 0 Å². The molecule has 1 saturated heterocycles. The summed E-state index contributed by atoms with van der Waals surface area (Å²) < 4.78 is 0.953. The first kappa shape index (κ1) is 62.1. The normalized spacial score (nSPS) is 16.0. The molecule has 0 N–H and O–H groups in total. The van der Waals surface area contributed by atoms with E-state index in [0.717, 1.165) is 135 Å². The lowest BCUT2D eigenvalue weighted by atomic mass is 9.85. The topological polar surface area (TPSA) is 268 Å². The number of amides is 10. The van der Waals surface area contributed by atoms with Crippen LogP contribution in [0.25, 0.3) is 59.5 Å². The second-order valence-electron chi connectivity index (χ2n) is 26.4. The lowest BCUT2D eigenvalue weighted by Crippen LogP contribution is -2.55. The number of carbonyl (C=O) groups is 10.